The van der Waals surface area contributed by atoms with Crippen LogP contribution in [0.4, 0.5) is 11.5 Å². The molecule has 1 aliphatic heterocycles. The summed E-state index contributed by atoms with van der Waals surface area (Å²) in [5, 5.41) is 3.63. The second-order valence-corrected chi connectivity index (χ2v) is 8.06. The molecule has 1 N–H and O–H groups in total. The molecule has 0 unspecified atom stereocenters. The number of benzene rings is 1. The van der Waals surface area contributed by atoms with Crippen molar-refractivity contribution in [2.75, 3.05) is 36.5 Å². The van der Waals surface area contributed by atoms with E-state index < -0.39 is 0 Å². The highest BCUT2D eigenvalue weighted by molar-refractivity contribution is 7.99. The molecule has 3 heterocycles. The smallest absolute Gasteiger partial charge is 0.257 e. The van der Waals surface area contributed by atoms with Gasteiger partial charge in [-0.15, -0.1) is 0 Å². The van der Waals surface area contributed by atoms with Crippen LogP contribution >= 0.6 is 11.8 Å². The normalized spacial score (nSPS) is 13.9. The van der Waals surface area contributed by atoms with Gasteiger partial charge in [-0.2, -0.15) is 0 Å². The van der Waals surface area contributed by atoms with Crippen molar-refractivity contribution in [2.24, 2.45) is 0 Å². The third-order valence-corrected chi connectivity index (χ3v) is 5.50. The molecule has 1 aromatic carbocycles. The number of aromatic nitrogens is 3. The second-order valence-electron chi connectivity index (χ2n) is 7.02. The summed E-state index contributed by atoms with van der Waals surface area (Å²) < 4.78 is 5.36. The van der Waals surface area contributed by atoms with Gasteiger partial charge in [0, 0.05) is 41.3 Å². The molecule has 1 saturated heterocycles. The number of pyridine rings is 1. The monoisotopic (exact) mass is 421 g/mol. The molecule has 3 aromatic rings. The first-order valence-electron chi connectivity index (χ1n) is 9.77. The van der Waals surface area contributed by atoms with Crippen LogP contribution in [0.5, 0.6) is 0 Å². The van der Waals surface area contributed by atoms with Crippen LogP contribution in [-0.4, -0.2) is 47.2 Å². The maximum Gasteiger partial charge on any atom is 0.257 e. The van der Waals surface area contributed by atoms with Crippen molar-refractivity contribution in [2.45, 2.75) is 23.9 Å². The first-order chi connectivity index (χ1) is 14.6. The lowest BCUT2D eigenvalue weighted by atomic mass is 10.2. The van der Waals surface area contributed by atoms with Gasteiger partial charge in [0.25, 0.3) is 5.91 Å². The zero-order valence-electron chi connectivity index (χ0n) is 17.0. The van der Waals surface area contributed by atoms with Gasteiger partial charge in [0.2, 0.25) is 0 Å². The van der Waals surface area contributed by atoms with Gasteiger partial charge in [0.1, 0.15) is 5.82 Å². The molecule has 7 nitrogen and oxygen atoms in total. The Labute approximate surface area is 179 Å². The number of aryl methyl sites for hydroxylation is 2. The second kappa shape index (κ2) is 9.23. The van der Waals surface area contributed by atoms with Crippen molar-refractivity contribution in [3.05, 3.63) is 65.6 Å². The fourth-order valence-electron chi connectivity index (χ4n) is 3.15. The van der Waals surface area contributed by atoms with Crippen LogP contribution in [-0.2, 0) is 4.74 Å². The van der Waals surface area contributed by atoms with Crippen molar-refractivity contribution >= 4 is 29.2 Å². The zero-order chi connectivity index (χ0) is 20.9. The summed E-state index contributed by atoms with van der Waals surface area (Å²) in [6.45, 7) is 6.95. The number of nitrogens with one attached hydrogen (secondary N) is 1. The quantitative estimate of drug-likeness (QED) is 0.629. The van der Waals surface area contributed by atoms with Gasteiger partial charge in [0.05, 0.1) is 18.8 Å². The summed E-state index contributed by atoms with van der Waals surface area (Å²) >= 11 is 1.50. The molecule has 1 fully saturated rings. The van der Waals surface area contributed by atoms with Gasteiger partial charge in [-0.25, -0.2) is 15.0 Å². The Kier molecular flexibility index (Phi) is 6.25. The lowest BCUT2D eigenvalue weighted by Gasteiger charge is -2.27. The molecule has 0 bridgehead atoms. The van der Waals surface area contributed by atoms with Crippen LogP contribution in [0, 0.1) is 13.8 Å². The molecule has 4 rings (SSSR count). The van der Waals surface area contributed by atoms with Crippen molar-refractivity contribution in [1.29, 1.82) is 0 Å². The molecule has 154 valence electrons. The van der Waals surface area contributed by atoms with Gasteiger partial charge in [0.15, 0.2) is 5.16 Å². The van der Waals surface area contributed by atoms with E-state index in [9.17, 15) is 4.79 Å². The highest BCUT2D eigenvalue weighted by atomic mass is 32.2. The fourth-order valence-corrected chi connectivity index (χ4v) is 4.02. The van der Waals surface area contributed by atoms with E-state index in [0.717, 1.165) is 46.0 Å². The van der Waals surface area contributed by atoms with Gasteiger partial charge in [-0.3, -0.25) is 4.79 Å². The molecular weight excluding hydrogens is 398 g/mol. The Morgan fingerprint density at radius 3 is 2.37 bits per heavy atom. The Bertz CT molecular complexity index is 998. The molecule has 0 radical (unpaired) electrons. The number of anilines is 2. The summed E-state index contributed by atoms with van der Waals surface area (Å²) in [6, 6.07) is 13.3. The topological polar surface area (TPSA) is 80.2 Å². The van der Waals surface area contributed by atoms with Crippen LogP contribution in [0.1, 0.15) is 21.7 Å². The Morgan fingerprint density at radius 1 is 1.03 bits per heavy atom. The summed E-state index contributed by atoms with van der Waals surface area (Å²) in [7, 11) is 0. The average Bonchev–Trinajstić information content (AvgIpc) is 2.75. The van der Waals surface area contributed by atoms with Crippen molar-refractivity contribution in [3.63, 3.8) is 0 Å². The average molecular weight is 422 g/mol. The first-order valence-corrected chi connectivity index (χ1v) is 10.6. The van der Waals surface area contributed by atoms with E-state index in [0.29, 0.717) is 18.8 Å². The van der Waals surface area contributed by atoms with Crippen molar-refractivity contribution in [1.82, 2.24) is 15.0 Å². The molecular formula is C22H23N5O2S. The van der Waals surface area contributed by atoms with E-state index in [1.165, 1.54) is 11.8 Å². The van der Waals surface area contributed by atoms with E-state index in [1.807, 2.05) is 50.2 Å². The minimum Gasteiger partial charge on any atom is -0.378 e. The third kappa shape index (κ3) is 5.14. The first kappa shape index (κ1) is 20.3. The van der Waals surface area contributed by atoms with Crippen molar-refractivity contribution in [3.8, 4) is 0 Å². The number of amides is 1. The van der Waals surface area contributed by atoms with E-state index in [-0.39, 0.29) is 5.91 Å². The van der Waals surface area contributed by atoms with Gasteiger partial charge < -0.3 is 15.0 Å². The van der Waals surface area contributed by atoms with Crippen LogP contribution in [0.25, 0.3) is 0 Å². The lowest BCUT2D eigenvalue weighted by molar-refractivity contribution is 0.102. The number of carbonyl (C=O) groups is 1. The van der Waals surface area contributed by atoms with Gasteiger partial charge in [-0.1, -0.05) is 0 Å². The van der Waals surface area contributed by atoms with Crippen LogP contribution in [0.3, 0.4) is 0 Å². The van der Waals surface area contributed by atoms with E-state index in [1.54, 1.807) is 12.3 Å². The lowest BCUT2D eigenvalue weighted by Crippen LogP contribution is -2.36. The number of rotatable bonds is 5. The summed E-state index contributed by atoms with van der Waals surface area (Å²) in [4.78, 5) is 29.0. The molecule has 30 heavy (non-hydrogen) atoms. The van der Waals surface area contributed by atoms with Crippen LogP contribution in [0.2, 0.25) is 0 Å². The van der Waals surface area contributed by atoms with E-state index in [4.69, 9.17) is 4.74 Å². The largest absolute Gasteiger partial charge is 0.378 e. The molecule has 0 spiro atoms. The predicted octanol–water partition coefficient (Wildman–Crippen LogP) is 3.73. The Hall–Kier alpha value is -2.97. The molecule has 8 heteroatoms. The zero-order valence-corrected chi connectivity index (χ0v) is 17.8. The van der Waals surface area contributed by atoms with E-state index in [2.05, 4.69) is 25.2 Å². The molecule has 0 aliphatic carbocycles. The molecule has 1 aliphatic rings. The number of carbonyl (C=O) groups excluding carboxylic acids is 1. The maximum atomic E-state index is 12.5. The van der Waals surface area contributed by atoms with Crippen molar-refractivity contribution < 1.29 is 9.53 Å². The van der Waals surface area contributed by atoms with Gasteiger partial charge >= 0.3 is 0 Å². The van der Waals surface area contributed by atoms with Crippen LogP contribution in [0.15, 0.2) is 58.7 Å². The minimum atomic E-state index is -0.186. The third-order valence-electron chi connectivity index (χ3n) is 4.63. The van der Waals surface area contributed by atoms with Gasteiger partial charge in [-0.05, 0) is 68.1 Å². The standard InChI is InChI=1S/C22H23N5O2S/c1-15-13-16(2)25-22(24-15)30-19-6-4-18(5-7-19)26-21(28)17-3-8-20(23-14-17)27-9-11-29-12-10-27/h3-8,13-14H,9-12H2,1-2H3,(H,26,28). The molecule has 0 atom stereocenters. The fraction of sp³-hybridized carbons (Fsp3) is 0.273. The summed E-state index contributed by atoms with van der Waals surface area (Å²) in [5.74, 6) is 0.680. The molecule has 1 amide bonds. The minimum absolute atomic E-state index is 0.186. The number of hydrogen-bond acceptors (Lipinski definition) is 7. The molecule has 2 aromatic heterocycles. The highest BCUT2D eigenvalue weighted by Crippen LogP contribution is 2.26. The number of morpholine rings is 1. The predicted molar refractivity (Wildman–Crippen MR) is 117 cm³/mol. The summed E-state index contributed by atoms with van der Waals surface area (Å²) in [6.07, 6.45) is 1.61. The van der Waals surface area contributed by atoms with Crippen LogP contribution < -0.4 is 10.2 Å². The van der Waals surface area contributed by atoms with E-state index >= 15 is 0 Å². The number of nitrogens with zero attached hydrogens (tertiary/aromatic N) is 4. The summed E-state index contributed by atoms with van der Waals surface area (Å²) in [5.41, 5.74) is 3.14. The SMILES string of the molecule is Cc1cc(C)nc(Sc2ccc(NC(=O)c3ccc(N4CCOCC4)nc3)cc2)n1. The maximum absolute atomic E-state index is 12.5. The Morgan fingerprint density at radius 2 is 1.73 bits per heavy atom. The highest BCUT2D eigenvalue weighted by Gasteiger charge is 2.13. The number of ether oxygens (including phenoxy) is 1. The molecule has 0 saturated carbocycles. The Balaban J connectivity index is 1.37. The number of hydrogen-bond donors (Lipinski definition) is 1.